The van der Waals surface area contributed by atoms with Crippen molar-refractivity contribution in [3.8, 4) is 5.75 Å². The van der Waals surface area contributed by atoms with E-state index in [1.54, 1.807) is 20.1 Å². The number of Topliss-reactive ketones (excluding diaryl/α,β-unsaturated/α-hetero) is 1. The molecule has 1 heterocycles. The van der Waals surface area contributed by atoms with Crippen molar-refractivity contribution in [2.45, 2.75) is 40.2 Å². The molecular weight excluding hydrogens is 266 g/mol. The topological polar surface area (TPSA) is 57.0 Å². The zero-order valence-electron chi connectivity index (χ0n) is 13.0. The maximum Gasteiger partial charge on any atom is 0.159 e. The van der Waals surface area contributed by atoms with Gasteiger partial charge in [0.15, 0.2) is 11.6 Å². The minimum absolute atomic E-state index is 0.0439. The van der Waals surface area contributed by atoms with Gasteiger partial charge >= 0.3 is 0 Å². The molecule has 112 valence electrons. The second kappa shape index (κ2) is 6.52. The van der Waals surface area contributed by atoms with Crippen LogP contribution in [0.25, 0.3) is 0 Å². The lowest BCUT2D eigenvalue weighted by Crippen LogP contribution is -2.08. The highest BCUT2D eigenvalue weighted by atomic mass is 16.5. The molecule has 0 aliphatic rings. The summed E-state index contributed by atoms with van der Waals surface area (Å²) < 4.78 is 7.28. The predicted molar refractivity (Wildman–Crippen MR) is 80.9 cm³/mol. The Morgan fingerprint density at radius 2 is 2.05 bits per heavy atom. The Labute approximate surface area is 125 Å². The zero-order valence-corrected chi connectivity index (χ0v) is 13.0. The van der Waals surface area contributed by atoms with Crippen molar-refractivity contribution in [1.82, 2.24) is 14.8 Å². The van der Waals surface area contributed by atoms with Gasteiger partial charge in [0.05, 0.1) is 13.7 Å². The second-order valence-electron chi connectivity index (χ2n) is 4.89. The lowest BCUT2D eigenvalue weighted by Gasteiger charge is -2.11. The fourth-order valence-electron chi connectivity index (χ4n) is 2.25. The van der Waals surface area contributed by atoms with E-state index in [0.717, 1.165) is 35.8 Å². The van der Waals surface area contributed by atoms with Crippen molar-refractivity contribution < 1.29 is 9.53 Å². The molecule has 0 fully saturated rings. The highest BCUT2D eigenvalue weighted by molar-refractivity contribution is 5.94. The zero-order chi connectivity index (χ0) is 15.4. The molecule has 2 aromatic rings. The Morgan fingerprint density at radius 1 is 1.29 bits per heavy atom. The summed E-state index contributed by atoms with van der Waals surface area (Å²) in [5.41, 5.74) is 1.62. The SMILES string of the molecule is CCc1nc(CC)n(Cc2cc(C(C)=O)ccc2OC)n1. The molecule has 0 spiro atoms. The molecule has 0 unspecified atom stereocenters. The molecule has 0 saturated heterocycles. The first-order valence-corrected chi connectivity index (χ1v) is 7.19. The number of methoxy groups -OCH3 is 1. The smallest absolute Gasteiger partial charge is 0.159 e. The number of aromatic nitrogens is 3. The molecule has 0 saturated carbocycles. The third kappa shape index (κ3) is 3.29. The normalized spacial score (nSPS) is 10.7. The van der Waals surface area contributed by atoms with Crippen LogP contribution in [0.3, 0.4) is 0 Å². The Hall–Kier alpha value is -2.17. The van der Waals surface area contributed by atoms with Crippen LogP contribution in [0.1, 0.15) is 48.3 Å². The van der Waals surface area contributed by atoms with E-state index >= 15 is 0 Å². The lowest BCUT2D eigenvalue weighted by molar-refractivity contribution is 0.101. The second-order valence-corrected chi connectivity index (χ2v) is 4.89. The van der Waals surface area contributed by atoms with E-state index in [1.165, 1.54) is 0 Å². The summed E-state index contributed by atoms with van der Waals surface area (Å²) >= 11 is 0. The van der Waals surface area contributed by atoms with Crippen molar-refractivity contribution in [2.75, 3.05) is 7.11 Å². The van der Waals surface area contributed by atoms with E-state index in [-0.39, 0.29) is 5.78 Å². The number of benzene rings is 1. The van der Waals surface area contributed by atoms with Gasteiger partial charge in [-0.3, -0.25) is 4.79 Å². The summed E-state index contributed by atoms with van der Waals surface area (Å²) in [5, 5.41) is 4.51. The molecule has 5 heteroatoms. The average molecular weight is 287 g/mol. The fourth-order valence-corrected chi connectivity index (χ4v) is 2.25. The maximum atomic E-state index is 11.5. The number of ketones is 1. The van der Waals surface area contributed by atoms with Gasteiger partial charge in [-0.05, 0) is 25.1 Å². The van der Waals surface area contributed by atoms with Crippen LogP contribution < -0.4 is 4.74 Å². The summed E-state index contributed by atoms with van der Waals surface area (Å²) in [7, 11) is 1.63. The molecule has 0 aliphatic heterocycles. The predicted octanol–water partition coefficient (Wildman–Crippen LogP) is 2.66. The number of hydrogen-bond acceptors (Lipinski definition) is 4. The van der Waals surface area contributed by atoms with Gasteiger partial charge in [0.25, 0.3) is 0 Å². The summed E-state index contributed by atoms with van der Waals surface area (Å²) in [5.74, 6) is 2.59. The molecular formula is C16H21N3O2. The molecule has 1 aromatic carbocycles. The van der Waals surface area contributed by atoms with E-state index in [9.17, 15) is 4.79 Å². The first-order valence-electron chi connectivity index (χ1n) is 7.19. The van der Waals surface area contributed by atoms with Gasteiger partial charge < -0.3 is 4.74 Å². The van der Waals surface area contributed by atoms with Crippen LogP contribution in [-0.2, 0) is 19.4 Å². The van der Waals surface area contributed by atoms with Gasteiger partial charge in [0.1, 0.15) is 11.6 Å². The maximum absolute atomic E-state index is 11.5. The Bertz CT molecular complexity index is 647. The third-order valence-electron chi connectivity index (χ3n) is 3.43. The Morgan fingerprint density at radius 3 is 2.62 bits per heavy atom. The van der Waals surface area contributed by atoms with Crippen LogP contribution in [0.15, 0.2) is 18.2 Å². The summed E-state index contributed by atoms with van der Waals surface area (Å²) in [6, 6.07) is 5.48. The molecule has 0 bridgehead atoms. The molecule has 21 heavy (non-hydrogen) atoms. The van der Waals surface area contributed by atoms with Crippen LogP contribution in [0.4, 0.5) is 0 Å². The van der Waals surface area contributed by atoms with Crippen molar-refractivity contribution in [3.05, 3.63) is 41.0 Å². The van der Waals surface area contributed by atoms with Crippen LogP contribution in [0.2, 0.25) is 0 Å². The molecule has 0 aliphatic carbocycles. The lowest BCUT2D eigenvalue weighted by atomic mass is 10.1. The van der Waals surface area contributed by atoms with Crippen molar-refractivity contribution in [3.63, 3.8) is 0 Å². The molecule has 2 rings (SSSR count). The van der Waals surface area contributed by atoms with Gasteiger partial charge in [-0.25, -0.2) is 9.67 Å². The first-order chi connectivity index (χ1) is 10.1. The Balaban J connectivity index is 2.39. The van der Waals surface area contributed by atoms with Crippen LogP contribution in [-0.4, -0.2) is 27.7 Å². The van der Waals surface area contributed by atoms with E-state index < -0.39 is 0 Å². The molecule has 5 nitrogen and oxygen atoms in total. The first kappa shape index (κ1) is 15.2. The van der Waals surface area contributed by atoms with Crippen molar-refractivity contribution in [2.24, 2.45) is 0 Å². The largest absolute Gasteiger partial charge is 0.496 e. The van der Waals surface area contributed by atoms with Gasteiger partial charge in [0, 0.05) is 24.0 Å². The summed E-state index contributed by atoms with van der Waals surface area (Å²) in [6.07, 6.45) is 1.63. The highest BCUT2D eigenvalue weighted by Crippen LogP contribution is 2.21. The standard InChI is InChI=1S/C16H21N3O2/c1-5-15-17-16(6-2)19(18-15)10-13-9-12(11(3)20)7-8-14(13)21-4/h7-9H,5-6,10H2,1-4H3. The molecule has 1 aromatic heterocycles. The highest BCUT2D eigenvalue weighted by Gasteiger charge is 2.12. The van der Waals surface area contributed by atoms with Gasteiger partial charge in [0.2, 0.25) is 0 Å². The molecule has 0 N–H and O–H groups in total. The number of hydrogen-bond donors (Lipinski definition) is 0. The number of aryl methyl sites for hydroxylation is 2. The van der Waals surface area contributed by atoms with Crippen molar-refractivity contribution >= 4 is 5.78 Å². The van der Waals surface area contributed by atoms with Crippen molar-refractivity contribution in [1.29, 1.82) is 0 Å². The monoisotopic (exact) mass is 287 g/mol. The molecule has 0 atom stereocenters. The molecule has 0 amide bonds. The van der Waals surface area contributed by atoms with Gasteiger partial charge in [-0.2, -0.15) is 5.10 Å². The molecule has 0 radical (unpaired) electrons. The van der Waals surface area contributed by atoms with Gasteiger partial charge in [-0.15, -0.1) is 0 Å². The van der Waals surface area contributed by atoms with Crippen LogP contribution in [0.5, 0.6) is 5.75 Å². The number of rotatable bonds is 6. The van der Waals surface area contributed by atoms with E-state index in [2.05, 4.69) is 17.0 Å². The average Bonchev–Trinajstić information content (AvgIpc) is 2.89. The number of nitrogens with zero attached hydrogens (tertiary/aromatic N) is 3. The number of carbonyl (C=O) groups excluding carboxylic acids is 1. The fraction of sp³-hybridized carbons (Fsp3) is 0.438. The van der Waals surface area contributed by atoms with E-state index in [0.29, 0.717) is 12.1 Å². The minimum atomic E-state index is 0.0439. The minimum Gasteiger partial charge on any atom is -0.496 e. The van der Waals surface area contributed by atoms with Gasteiger partial charge in [-0.1, -0.05) is 13.8 Å². The quantitative estimate of drug-likeness (QED) is 0.766. The summed E-state index contributed by atoms with van der Waals surface area (Å²) in [6.45, 7) is 6.22. The Kier molecular flexibility index (Phi) is 4.73. The number of carbonyl (C=O) groups is 1. The third-order valence-corrected chi connectivity index (χ3v) is 3.43. The number of ether oxygens (including phenoxy) is 1. The van der Waals surface area contributed by atoms with Crippen LogP contribution >= 0.6 is 0 Å². The summed E-state index contributed by atoms with van der Waals surface area (Å²) in [4.78, 5) is 16.0. The van der Waals surface area contributed by atoms with E-state index in [4.69, 9.17) is 4.74 Å². The van der Waals surface area contributed by atoms with E-state index in [1.807, 2.05) is 23.7 Å². The van der Waals surface area contributed by atoms with Crippen LogP contribution in [0, 0.1) is 0 Å².